The van der Waals surface area contributed by atoms with Crippen molar-refractivity contribution >= 4 is 17.4 Å². The number of phenolic OH excluding ortho intramolecular Hbond substituents is 1. The maximum Gasteiger partial charge on any atom is 0.142 e. The highest BCUT2D eigenvalue weighted by Crippen LogP contribution is 2.32. The van der Waals surface area contributed by atoms with Crippen molar-refractivity contribution in [2.75, 3.05) is 5.73 Å². The highest BCUT2D eigenvalue weighted by atomic mass is 35.5. The molecule has 0 atom stereocenters. The third-order valence-corrected chi connectivity index (χ3v) is 3.07. The van der Waals surface area contributed by atoms with Crippen LogP contribution in [0.4, 0.5) is 5.82 Å². The highest BCUT2D eigenvalue weighted by molar-refractivity contribution is 6.32. The third kappa shape index (κ3) is 2.17. The molecule has 4 N–H and O–H groups in total. The number of aromatic amines is 1. The van der Waals surface area contributed by atoms with Gasteiger partial charge in [0.25, 0.3) is 0 Å². The fourth-order valence-corrected chi connectivity index (χ4v) is 2.02. The van der Waals surface area contributed by atoms with Gasteiger partial charge in [-0.2, -0.15) is 0 Å². The highest BCUT2D eigenvalue weighted by Gasteiger charge is 2.13. The average Bonchev–Trinajstić information content (AvgIpc) is 2.96. The van der Waals surface area contributed by atoms with Crippen LogP contribution in [0.1, 0.15) is 0 Å². The molecule has 2 heterocycles. The first-order valence-corrected chi connectivity index (χ1v) is 6.13. The van der Waals surface area contributed by atoms with E-state index in [1.807, 2.05) is 0 Å². The molecule has 7 heteroatoms. The van der Waals surface area contributed by atoms with Gasteiger partial charge in [0.15, 0.2) is 0 Å². The van der Waals surface area contributed by atoms with E-state index >= 15 is 0 Å². The molecule has 20 heavy (non-hydrogen) atoms. The van der Waals surface area contributed by atoms with Crippen molar-refractivity contribution in [2.45, 2.75) is 0 Å². The van der Waals surface area contributed by atoms with Crippen LogP contribution in [-0.4, -0.2) is 25.0 Å². The Bertz CT molecular complexity index is 757. The lowest BCUT2D eigenvalue weighted by Gasteiger charge is -2.08. The Morgan fingerprint density at radius 2 is 2.05 bits per heavy atom. The van der Waals surface area contributed by atoms with Crippen LogP contribution < -0.4 is 5.73 Å². The third-order valence-electron chi connectivity index (χ3n) is 2.77. The summed E-state index contributed by atoms with van der Waals surface area (Å²) in [4.78, 5) is 15.5. The summed E-state index contributed by atoms with van der Waals surface area (Å²) in [5, 5.41) is 9.73. The maximum atomic E-state index is 9.48. The number of nitrogen functional groups attached to an aromatic ring is 1. The number of phenols is 1. The van der Waals surface area contributed by atoms with Crippen molar-refractivity contribution < 1.29 is 5.11 Å². The van der Waals surface area contributed by atoms with Crippen molar-refractivity contribution in [2.24, 2.45) is 0 Å². The van der Waals surface area contributed by atoms with E-state index in [-0.39, 0.29) is 10.8 Å². The van der Waals surface area contributed by atoms with Gasteiger partial charge >= 0.3 is 0 Å². The molecule has 1 aromatic carbocycles. The molecule has 0 amide bonds. The average molecular weight is 288 g/mol. The first-order chi connectivity index (χ1) is 9.65. The largest absolute Gasteiger partial charge is 0.506 e. The van der Waals surface area contributed by atoms with Gasteiger partial charge in [0.05, 0.1) is 35.1 Å². The summed E-state index contributed by atoms with van der Waals surface area (Å²) in [5.74, 6) is 0.324. The normalized spacial score (nSPS) is 10.7. The summed E-state index contributed by atoms with van der Waals surface area (Å²) in [6.45, 7) is 0. The minimum Gasteiger partial charge on any atom is -0.506 e. The van der Waals surface area contributed by atoms with Gasteiger partial charge < -0.3 is 15.8 Å². The van der Waals surface area contributed by atoms with Crippen LogP contribution in [0.3, 0.4) is 0 Å². The fraction of sp³-hybridized carbons (Fsp3) is 0. The zero-order valence-corrected chi connectivity index (χ0v) is 11.0. The molecule has 100 valence electrons. The van der Waals surface area contributed by atoms with Gasteiger partial charge in [-0.15, -0.1) is 0 Å². The standard InChI is InChI=1S/C13H10ClN5O/c14-8-3-7(1-2-10(8)20)12-13(9-4-16-6-18-9)19-11(15)5-17-12/h1-6,20H,(H2,15,19)(H,16,18). The Balaban J connectivity index is 2.20. The van der Waals surface area contributed by atoms with Gasteiger partial charge in [0.2, 0.25) is 0 Å². The number of rotatable bonds is 2. The van der Waals surface area contributed by atoms with Gasteiger partial charge in [0, 0.05) is 5.56 Å². The van der Waals surface area contributed by atoms with Crippen LogP contribution in [0.2, 0.25) is 5.02 Å². The number of nitrogens with one attached hydrogen (secondary N) is 1. The van der Waals surface area contributed by atoms with Gasteiger partial charge in [-0.05, 0) is 18.2 Å². The maximum absolute atomic E-state index is 9.48. The first-order valence-electron chi connectivity index (χ1n) is 5.75. The molecule has 3 rings (SSSR count). The molecule has 0 radical (unpaired) electrons. The quantitative estimate of drug-likeness (QED) is 0.672. The van der Waals surface area contributed by atoms with Gasteiger partial charge in [-0.3, -0.25) is 4.98 Å². The Kier molecular flexibility index (Phi) is 3.00. The number of hydrogen-bond acceptors (Lipinski definition) is 5. The topological polar surface area (TPSA) is 101 Å². The lowest BCUT2D eigenvalue weighted by Crippen LogP contribution is -1.98. The van der Waals surface area contributed by atoms with Crippen molar-refractivity contribution in [1.29, 1.82) is 0 Å². The minimum atomic E-state index is 0.0157. The Morgan fingerprint density at radius 1 is 1.20 bits per heavy atom. The first kappa shape index (κ1) is 12.4. The molecular formula is C13H10ClN5O. The molecule has 0 saturated carbocycles. The van der Waals surface area contributed by atoms with Gasteiger partial charge in [-0.1, -0.05) is 11.6 Å². The molecular weight excluding hydrogens is 278 g/mol. The van der Waals surface area contributed by atoms with Crippen LogP contribution in [0, 0.1) is 0 Å². The van der Waals surface area contributed by atoms with Crippen molar-refractivity contribution in [3.63, 3.8) is 0 Å². The number of anilines is 1. The number of halogens is 1. The number of aromatic hydroxyl groups is 1. The molecule has 0 fully saturated rings. The molecule has 0 bridgehead atoms. The van der Waals surface area contributed by atoms with E-state index in [0.717, 1.165) is 5.56 Å². The van der Waals surface area contributed by atoms with E-state index in [9.17, 15) is 5.11 Å². The summed E-state index contributed by atoms with van der Waals surface area (Å²) in [6, 6.07) is 4.84. The van der Waals surface area contributed by atoms with E-state index < -0.39 is 0 Å². The summed E-state index contributed by atoms with van der Waals surface area (Å²) in [6.07, 6.45) is 4.65. The number of nitrogens with two attached hydrogens (primary N) is 1. The van der Waals surface area contributed by atoms with E-state index in [1.165, 1.54) is 12.3 Å². The second kappa shape index (κ2) is 4.82. The van der Waals surface area contributed by atoms with Crippen LogP contribution in [-0.2, 0) is 0 Å². The van der Waals surface area contributed by atoms with Gasteiger partial charge in [0.1, 0.15) is 17.3 Å². The fourth-order valence-electron chi connectivity index (χ4n) is 1.84. The second-order valence-corrected chi connectivity index (χ2v) is 4.53. The molecule has 0 unspecified atom stereocenters. The number of hydrogen-bond donors (Lipinski definition) is 3. The zero-order valence-electron chi connectivity index (χ0n) is 10.2. The summed E-state index contributed by atoms with van der Waals surface area (Å²) < 4.78 is 0. The van der Waals surface area contributed by atoms with E-state index in [0.29, 0.717) is 22.9 Å². The van der Waals surface area contributed by atoms with Crippen molar-refractivity contribution in [3.8, 4) is 28.4 Å². The van der Waals surface area contributed by atoms with E-state index in [1.54, 1.807) is 24.7 Å². The molecule has 6 nitrogen and oxygen atoms in total. The molecule has 0 spiro atoms. The van der Waals surface area contributed by atoms with Crippen molar-refractivity contribution in [3.05, 3.63) is 41.9 Å². The van der Waals surface area contributed by atoms with Crippen LogP contribution in [0.15, 0.2) is 36.9 Å². The van der Waals surface area contributed by atoms with E-state index in [4.69, 9.17) is 17.3 Å². The number of imidazole rings is 1. The number of H-pyrrole nitrogens is 1. The number of aromatic nitrogens is 4. The zero-order chi connectivity index (χ0) is 14.1. The second-order valence-electron chi connectivity index (χ2n) is 4.12. The summed E-state index contributed by atoms with van der Waals surface area (Å²) in [5.41, 5.74) is 8.29. The monoisotopic (exact) mass is 287 g/mol. The lowest BCUT2D eigenvalue weighted by molar-refractivity contribution is 0.475. The number of nitrogens with zero attached hydrogens (tertiary/aromatic N) is 3. The Hall–Kier alpha value is -2.60. The Labute approximate surface area is 119 Å². The van der Waals surface area contributed by atoms with Gasteiger partial charge in [-0.25, -0.2) is 9.97 Å². The van der Waals surface area contributed by atoms with Crippen molar-refractivity contribution in [1.82, 2.24) is 19.9 Å². The lowest BCUT2D eigenvalue weighted by atomic mass is 10.1. The number of benzene rings is 1. The SMILES string of the molecule is Nc1cnc(-c2ccc(O)c(Cl)c2)c(-c2cnc[nH]2)n1. The molecule has 0 saturated heterocycles. The smallest absolute Gasteiger partial charge is 0.142 e. The molecule has 3 aromatic rings. The molecule has 0 aliphatic heterocycles. The predicted molar refractivity (Wildman–Crippen MR) is 76.1 cm³/mol. The van der Waals surface area contributed by atoms with Crippen LogP contribution in [0.5, 0.6) is 5.75 Å². The van der Waals surface area contributed by atoms with Crippen LogP contribution >= 0.6 is 11.6 Å². The summed E-state index contributed by atoms with van der Waals surface area (Å²) in [7, 11) is 0. The minimum absolute atomic E-state index is 0.0157. The molecule has 0 aliphatic rings. The Morgan fingerprint density at radius 3 is 2.75 bits per heavy atom. The molecule has 2 aromatic heterocycles. The van der Waals surface area contributed by atoms with Crippen LogP contribution in [0.25, 0.3) is 22.6 Å². The molecule has 0 aliphatic carbocycles. The summed E-state index contributed by atoms with van der Waals surface area (Å²) >= 11 is 5.93. The predicted octanol–water partition coefficient (Wildman–Crippen LogP) is 2.47. The van der Waals surface area contributed by atoms with E-state index in [2.05, 4.69) is 19.9 Å².